The molecule has 0 rings (SSSR count). The summed E-state index contributed by atoms with van der Waals surface area (Å²) >= 11 is -2.31. The maximum absolute atomic E-state index is 6.64. The van der Waals surface area contributed by atoms with E-state index in [2.05, 4.69) is 53.4 Å². The van der Waals surface area contributed by atoms with E-state index in [9.17, 15) is 0 Å². The van der Waals surface area contributed by atoms with Crippen molar-refractivity contribution in [3.63, 3.8) is 0 Å². The molecule has 0 saturated heterocycles. The first-order valence-electron chi connectivity index (χ1n) is 9.21. The minimum absolute atomic E-state index is 1.33. The van der Waals surface area contributed by atoms with Gasteiger partial charge in [0.2, 0.25) is 0 Å². The van der Waals surface area contributed by atoms with Gasteiger partial charge in [0.1, 0.15) is 0 Å². The molecule has 0 fully saturated rings. The van der Waals surface area contributed by atoms with Gasteiger partial charge >= 0.3 is 140 Å². The van der Waals surface area contributed by atoms with E-state index in [0.29, 0.717) is 0 Å². The Hall–Kier alpha value is 0.556. The van der Waals surface area contributed by atoms with Crippen LogP contribution in [0.5, 0.6) is 0 Å². The molecule has 1 nitrogen and oxygen atoms in total. The van der Waals surface area contributed by atoms with Crippen LogP contribution in [0.1, 0.15) is 66.2 Å². The third-order valence-electron chi connectivity index (χ3n) is 4.23. The first-order chi connectivity index (χ1) is 9.85. The fourth-order valence-corrected chi connectivity index (χ4v) is 23.4. The van der Waals surface area contributed by atoms with Gasteiger partial charge in [-0.2, -0.15) is 0 Å². The molecule has 126 valence electrons. The topological polar surface area (TPSA) is 9.23 Å². The van der Waals surface area contributed by atoms with E-state index >= 15 is 0 Å². The van der Waals surface area contributed by atoms with E-state index in [0.717, 1.165) is 0 Å². The molecule has 0 heterocycles. The summed E-state index contributed by atoms with van der Waals surface area (Å²) in [5, 5.41) is 0. The van der Waals surface area contributed by atoms with Gasteiger partial charge in [0, 0.05) is 0 Å². The average molecular weight is 419 g/mol. The van der Waals surface area contributed by atoms with E-state index in [4.69, 9.17) is 4.43 Å². The van der Waals surface area contributed by atoms with Gasteiger partial charge in [-0.1, -0.05) is 0 Å². The van der Waals surface area contributed by atoms with Gasteiger partial charge < -0.3 is 0 Å². The average Bonchev–Trinajstić information content (AvgIpc) is 2.43. The molecule has 0 aliphatic rings. The molecule has 0 aliphatic carbocycles. The van der Waals surface area contributed by atoms with Crippen LogP contribution in [0.25, 0.3) is 0 Å². The zero-order valence-corrected chi connectivity index (χ0v) is 19.7. The Bertz CT molecular complexity index is 272. The van der Waals surface area contributed by atoms with Crippen LogP contribution in [0.2, 0.25) is 33.0 Å². The van der Waals surface area contributed by atoms with Crippen molar-refractivity contribution >= 4 is 26.7 Å². The molecule has 0 bridgehead atoms. The molecular weight excluding hydrogens is 379 g/mol. The van der Waals surface area contributed by atoms with Crippen molar-refractivity contribution in [1.29, 1.82) is 0 Å². The van der Waals surface area contributed by atoms with Crippen LogP contribution in [-0.2, 0) is 4.43 Å². The van der Waals surface area contributed by atoms with Crippen LogP contribution >= 0.6 is 0 Å². The number of rotatable bonds is 12. The third kappa shape index (κ3) is 8.68. The van der Waals surface area contributed by atoms with E-state index in [-0.39, 0.29) is 0 Å². The number of unbranched alkanes of at least 4 members (excludes halogenated alkanes) is 3. The standard InChI is InChI=1S/C6H13OSi.3C4H9.Sn/c1-5-6-7-8(2,3)4;3*1-3-4-2;/h5H,1-4H3;3*1,3-4H2,2H3;. The van der Waals surface area contributed by atoms with Gasteiger partial charge in [0.05, 0.1) is 0 Å². The van der Waals surface area contributed by atoms with Crippen molar-refractivity contribution < 1.29 is 4.43 Å². The van der Waals surface area contributed by atoms with Gasteiger partial charge in [-0.3, -0.25) is 0 Å². The van der Waals surface area contributed by atoms with Gasteiger partial charge in [-0.25, -0.2) is 0 Å². The van der Waals surface area contributed by atoms with Crippen molar-refractivity contribution in [2.24, 2.45) is 0 Å². The van der Waals surface area contributed by atoms with Crippen LogP contribution in [0, 0.1) is 0 Å². The molecule has 21 heavy (non-hydrogen) atoms. The second-order valence-electron chi connectivity index (χ2n) is 7.46. The Morgan fingerprint density at radius 3 is 1.48 bits per heavy atom. The normalized spacial score (nSPS) is 13.6. The van der Waals surface area contributed by atoms with Gasteiger partial charge in [0.15, 0.2) is 0 Å². The fraction of sp³-hybridized carbons (Fsp3) is 0.889. The number of hydrogen-bond acceptors (Lipinski definition) is 1. The van der Waals surface area contributed by atoms with Crippen molar-refractivity contribution in [2.75, 3.05) is 0 Å². The molecule has 0 N–H and O–H groups in total. The summed E-state index contributed by atoms with van der Waals surface area (Å²) in [6, 6.07) is 0. The SMILES string of the molecule is C/C=[C](\O[Si](C)(C)C)[Sn]([CH2]CCC)([CH2]CCC)[CH2]CCC. The zero-order chi connectivity index (χ0) is 16.4. The molecule has 0 aromatic heterocycles. The Morgan fingerprint density at radius 2 is 1.24 bits per heavy atom. The van der Waals surface area contributed by atoms with Gasteiger partial charge in [-0.05, 0) is 0 Å². The molecule has 0 spiro atoms. The maximum atomic E-state index is 6.64. The van der Waals surface area contributed by atoms with E-state index in [1.807, 2.05) is 0 Å². The predicted octanol–water partition coefficient (Wildman–Crippen LogP) is 7.13. The molecule has 0 atom stereocenters. The summed E-state index contributed by atoms with van der Waals surface area (Å²) in [7, 11) is -1.48. The number of allylic oxidation sites excluding steroid dienone is 1. The van der Waals surface area contributed by atoms with Crippen molar-refractivity contribution in [2.45, 2.75) is 99.2 Å². The summed E-state index contributed by atoms with van der Waals surface area (Å²) in [5.41, 5.74) is 0. The molecule has 0 amide bonds. The Kier molecular flexibility index (Phi) is 11.4. The van der Waals surface area contributed by atoms with Crippen molar-refractivity contribution in [1.82, 2.24) is 0 Å². The van der Waals surface area contributed by atoms with Gasteiger partial charge in [-0.15, -0.1) is 0 Å². The molecule has 0 aliphatic heterocycles. The zero-order valence-electron chi connectivity index (χ0n) is 15.8. The monoisotopic (exact) mass is 420 g/mol. The summed E-state index contributed by atoms with van der Waals surface area (Å²) in [4.78, 5) is 0. The van der Waals surface area contributed by atoms with Gasteiger partial charge in [0.25, 0.3) is 0 Å². The van der Waals surface area contributed by atoms with Crippen molar-refractivity contribution in [3.05, 3.63) is 9.85 Å². The molecule has 0 radical (unpaired) electrons. The predicted molar refractivity (Wildman–Crippen MR) is 103 cm³/mol. The fourth-order valence-electron chi connectivity index (χ4n) is 3.09. The van der Waals surface area contributed by atoms with E-state index in [1.165, 1.54) is 55.6 Å². The molecule has 0 aromatic carbocycles. The summed E-state index contributed by atoms with van der Waals surface area (Å²) in [6.07, 6.45) is 10.6. The second kappa shape index (κ2) is 11.1. The van der Waals surface area contributed by atoms with E-state index in [1.54, 1.807) is 0 Å². The quantitative estimate of drug-likeness (QED) is 0.242. The van der Waals surface area contributed by atoms with E-state index < -0.39 is 26.7 Å². The molecular formula is C18H40OSiSn. The Balaban J connectivity index is 5.33. The van der Waals surface area contributed by atoms with Crippen LogP contribution < -0.4 is 0 Å². The minimum atomic E-state index is -2.31. The third-order valence-corrected chi connectivity index (χ3v) is 21.0. The summed E-state index contributed by atoms with van der Waals surface area (Å²) in [5.74, 6) is 0. The molecule has 3 heteroatoms. The Labute approximate surface area is 139 Å². The second-order valence-corrected chi connectivity index (χ2v) is 24.9. The van der Waals surface area contributed by atoms with Crippen LogP contribution in [0.15, 0.2) is 9.85 Å². The molecule has 0 aromatic rings. The van der Waals surface area contributed by atoms with Crippen LogP contribution in [0.4, 0.5) is 0 Å². The summed E-state index contributed by atoms with van der Waals surface area (Å²) in [6.45, 7) is 16.3. The first kappa shape index (κ1) is 21.6. The first-order valence-corrected chi connectivity index (χ1v) is 20.1. The Morgan fingerprint density at radius 1 is 0.857 bits per heavy atom. The number of hydrogen-bond donors (Lipinski definition) is 0. The molecule has 0 saturated carbocycles. The molecule has 0 unspecified atom stereocenters. The van der Waals surface area contributed by atoms with Crippen LogP contribution in [0.3, 0.4) is 0 Å². The van der Waals surface area contributed by atoms with Crippen LogP contribution in [-0.4, -0.2) is 26.7 Å². The van der Waals surface area contributed by atoms with Crippen molar-refractivity contribution in [3.8, 4) is 0 Å². The summed E-state index contributed by atoms with van der Waals surface area (Å²) < 4.78 is 12.7.